The van der Waals surface area contributed by atoms with Gasteiger partial charge in [0.1, 0.15) is 5.52 Å². The maximum Gasteiger partial charge on any atom is 0.311 e. The van der Waals surface area contributed by atoms with Crippen molar-refractivity contribution >= 4 is 38.7 Å². The fourth-order valence-corrected chi connectivity index (χ4v) is 4.93. The minimum Gasteiger partial charge on any atom is -0.424 e. The van der Waals surface area contributed by atoms with Crippen molar-refractivity contribution in [2.24, 2.45) is 0 Å². The van der Waals surface area contributed by atoms with E-state index in [2.05, 4.69) is 53.3 Å². The molecular formula is C32H27N3O2. The Morgan fingerprint density at radius 3 is 2.62 bits per heavy atom. The average Bonchev–Trinajstić information content (AvgIpc) is 3.26. The van der Waals surface area contributed by atoms with E-state index in [1.165, 1.54) is 16.5 Å². The van der Waals surface area contributed by atoms with Gasteiger partial charge in [-0.1, -0.05) is 54.1 Å². The summed E-state index contributed by atoms with van der Waals surface area (Å²) in [6.45, 7) is 4.03. The van der Waals surface area contributed by atoms with Crippen LogP contribution in [-0.4, -0.2) is 20.9 Å². The minimum absolute atomic E-state index is 0.253. The molecule has 0 aliphatic rings. The van der Waals surface area contributed by atoms with Crippen molar-refractivity contribution in [3.05, 3.63) is 102 Å². The number of pyridine rings is 2. The molecule has 0 saturated carbocycles. The Hall–Kier alpha value is -4.51. The number of hydrogen-bond acceptors (Lipinski definition) is 4. The van der Waals surface area contributed by atoms with Crippen LogP contribution in [0.3, 0.4) is 0 Å². The number of aryl methyl sites for hydroxylation is 3. The number of aromatic nitrogens is 3. The molecule has 0 atom stereocenters. The molecule has 1 N–H and O–H groups in total. The molecule has 3 heterocycles. The number of benzene rings is 3. The summed E-state index contributed by atoms with van der Waals surface area (Å²) >= 11 is 0. The molecule has 5 nitrogen and oxygen atoms in total. The third kappa shape index (κ3) is 4.56. The zero-order valence-corrected chi connectivity index (χ0v) is 20.9. The second kappa shape index (κ2) is 9.51. The van der Waals surface area contributed by atoms with Crippen molar-refractivity contribution in [2.75, 3.05) is 0 Å². The van der Waals surface area contributed by atoms with Gasteiger partial charge in [0.25, 0.3) is 0 Å². The second-order valence-electron chi connectivity index (χ2n) is 9.52. The van der Waals surface area contributed by atoms with Crippen molar-refractivity contribution in [1.29, 1.82) is 0 Å². The summed E-state index contributed by atoms with van der Waals surface area (Å²) in [6.07, 6.45) is 1.71. The topological polar surface area (TPSA) is 67.9 Å². The van der Waals surface area contributed by atoms with Gasteiger partial charge in [0.05, 0.1) is 16.9 Å². The Labute approximate surface area is 215 Å². The Morgan fingerprint density at radius 1 is 0.865 bits per heavy atom. The molecule has 0 bridgehead atoms. The summed E-state index contributed by atoms with van der Waals surface area (Å²) in [5.41, 5.74) is 7.93. The van der Waals surface area contributed by atoms with E-state index in [9.17, 15) is 4.79 Å². The zero-order valence-electron chi connectivity index (χ0n) is 20.9. The molecule has 37 heavy (non-hydrogen) atoms. The average molecular weight is 486 g/mol. The number of H-pyrrole nitrogens is 1. The van der Waals surface area contributed by atoms with Crippen LogP contribution in [0.5, 0.6) is 5.75 Å². The standard InChI is InChI=1S/C32H27N3O2/c1-20-13-17-27-25(19-20)24(32(35-27)28-18-16-22-7-3-4-10-26(22)34-28)9-6-12-30(36)37-29-11-5-8-23-15-14-21(2)33-31(23)29/h3-5,7-8,10-11,13-19,35H,6,9,12H2,1-2H3. The van der Waals surface area contributed by atoms with E-state index < -0.39 is 0 Å². The quantitative estimate of drug-likeness (QED) is 0.196. The first-order valence-electron chi connectivity index (χ1n) is 12.6. The molecule has 0 aliphatic carbocycles. The van der Waals surface area contributed by atoms with Crippen LogP contribution in [0.1, 0.15) is 29.7 Å². The zero-order chi connectivity index (χ0) is 25.4. The van der Waals surface area contributed by atoms with E-state index in [4.69, 9.17) is 9.72 Å². The summed E-state index contributed by atoms with van der Waals surface area (Å²) in [6, 6.07) is 28.3. The minimum atomic E-state index is -0.253. The van der Waals surface area contributed by atoms with Crippen molar-refractivity contribution in [2.45, 2.75) is 33.1 Å². The molecule has 0 spiro atoms. The lowest BCUT2D eigenvalue weighted by Crippen LogP contribution is -2.09. The van der Waals surface area contributed by atoms with E-state index in [0.29, 0.717) is 24.1 Å². The maximum atomic E-state index is 12.8. The smallest absolute Gasteiger partial charge is 0.311 e. The van der Waals surface area contributed by atoms with E-state index in [-0.39, 0.29) is 5.97 Å². The Balaban J connectivity index is 1.26. The molecule has 5 heteroatoms. The number of ether oxygens (including phenoxy) is 1. The van der Waals surface area contributed by atoms with Crippen molar-refractivity contribution < 1.29 is 9.53 Å². The lowest BCUT2D eigenvalue weighted by molar-refractivity contribution is -0.134. The SMILES string of the molecule is Cc1ccc2[nH]c(-c3ccc4ccccc4n3)c(CCCC(=O)Oc3cccc4ccc(C)nc34)c2c1. The Bertz CT molecular complexity index is 1780. The monoisotopic (exact) mass is 485 g/mol. The molecule has 0 unspecified atom stereocenters. The number of rotatable bonds is 6. The van der Waals surface area contributed by atoms with Crippen LogP contribution in [0.25, 0.3) is 44.1 Å². The lowest BCUT2D eigenvalue weighted by Gasteiger charge is -2.09. The third-order valence-electron chi connectivity index (χ3n) is 6.77. The van der Waals surface area contributed by atoms with Crippen molar-refractivity contribution in [1.82, 2.24) is 15.0 Å². The van der Waals surface area contributed by atoms with Crippen LogP contribution in [0.15, 0.2) is 84.9 Å². The number of esters is 1. The molecule has 6 rings (SSSR count). The third-order valence-corrected chi connectivity index (χ3v) is 6.77. The van der Waals surface area contributed by atoms with Crippen LogP contribution in [-0.2, 0) is 11.2 Å². The largest absolute Gasteiger partial charge is 0.424 e. The second-order valence-corrected chi connectivity index (χ2v) is 9.52. The highest BCUT2D eigenvalue weighted by Gasteiger charge is 2.16. The maximum absolute atomic E-state index is 12.8. The molecule has 0 aliphatic heterocycles. The number of carbonyl (C=O) groups excluding carboxylic acids is 1. The normalized spacial score (nSPS) is 11.4. The van der Waals surface area contributed by atoms with Gasteiger partial charge < -0.3 is 9.72 Å². The van der Waals surface area contributed by atoms with Gasteiger partial charge in [-0.2, -0.15) is 0 Å². The lowest BCUT2D eigenvalue weighted by atomic mass is 10.0. The number of para-hydroxylation sites is 2. The van der Waals surface area contributed by atoms with Crippen LogP contribution >= 0.6 is 0 Å². The number of nitrogens with one attached hydrogen (secondary N) is 1. The molecular weight excluding hydrogens is 458 g/mol. The number of fused-ring (bicyclic) bond motifs is 3. The predicted octanol–water partition coefficient (Wildman–Crippen LogP) is 7.48. The fourth-order valence-electron chi connectivity index (χ4n) is 4.93. The molecule has 0 amide bonds. The van der Waals surface area contributed by atoms with Gasteiger partial charge in [0.15, 0.2) is 5.75 Å². The van der Waals surface area contributed by atoms with E-state index in [1.807, 2.05) is 49.4 Å². The predicted molar refractivity (Wildman–Crippen MR) is 149 cm³/mol. The van der Waals surface area contributed by atoms with Crippen molar-refractivity contribution in [3.63, 3.8) is 0 Å². The van der Waals surface area contributed by atoms with Crippen LogP contribution in [0.4, 0.5) is 0 Å². The van der Waals surface area contributed by atoms with Crippen LogP contribution in [0, 0.1) is 13.8 Å². The summed E-state index contributed by atoms with van der Waals surface area (Å²) in [5, 5.41) is 3.24. The Morgan fingerprint density at radius 2 is 1.70 bits per heavy atom. The van der Waals surface area contributed by atoms with Gasteiger partial charge >= 0.3 is 5.97 Å². The molecule has 0 fully saturated rings. The summed E-state index contributed by atoms with van der Waals surface area (Å²) < 4.78 is 5.75. The molecule has 6 aromatic rings. The van der Waals surface area contributed by atoms with Gasteiger partial charge in [-0.05, 0) is 68.7 Å². The first-order valence-corrected chi connectivity index (χ1v) is 12.6. The first kappa shape index (κ1) is 22.9. The van der Waals surface area contributed by atoms with E-state index in [0.717, 1.165) is 45.3 Å². The molecule has 0 saturated heterocycles. The van der Waals surface area contributed by atoms with Crippen LogP contribution < -0.4 is 4.74 Å². The highest BCUT2D eigenvalue weighted by molar-refractivity contribution is 5.92. The summed E-state index contributed by atoms with van der Waals surface area (Å²) in [5.74, 6) is 0.257. The van der Waals surface area contributed by atoms with Gasteiger partial charge in [0, 0.05) is 33.8 Å². The van der Waals surface area contributed by atoms with Crippen LogP contribution in [0.2, 0.25) is 0 Å². The molecule has 3 aromatic carbocycles. The Kier molecular flexibility index (Phi) is 5.89. The van der Waals surface area contributed by atoms with E-state index >= 15 is 0 Å². The number of hydrogen-bond donors (Lipinski definition) is 1. The number of carbonyl (C=O) groups is 1. The fraction of sp³-hybridized carbons (Fsp3) is 0.156. The first-order chi connectivity index (χ1) is 18.0. The van der Waals surface area contributed by atoms with Gasteiger partial charge in [-0.25, -0.2) is 9.97 Å². The van der Waals surface area contributed by atoms with Gasteiger partial charge in [0.2, 0.25) is 0 Å². The number of nitrogens with zero attached hydrogens (tertiary/aromatic N) is 2. The highest BCUT2D eigenvalue weighted by Crippen LogP contribution is 2.32. The number of aromatic amines is 1. The van der Waals surface area contributed by atoms with Gasteiger partial charge in [-0.15, -0.1) is 0 Å². The highest BCUT2D eigenvalue weighted by atomic mass is 16.5. The molecule has 3 aromatic heterocycles. The van der Waals surface area contributed by atoms with Gasteiger partial charge in [-0.3, -0.25) is 4.79 Å². The molecule has 182 valence electrons. The van der Waals surface area contributed by atoms with Crippen molar-refractivity contribution in [3.8, 4) is 17.1 Å². The van der Waals surface area contributed by atoms with E-state index in [1.54, 1.807) is 6.07 Å². The molecule has 0 radical (unpaired) electrons. The summed E-state index contributed by atoms with van der Waals surface area (Å²) in [7, 11) is 0. The summed E-state index contributed by atoms with van der Waals surface area (Å²) in [4.78, 5) is 25.9.